The lowest BCUT2D eigenvalue weighted by atomic mass is 9.89. The summed E-state index contributed by atoms with van der Waals surface area (Å²) in [6.07, 6.45) is 4.13. The molecule has 2 bridgehead atoms. The van der Waals surface area contributed by atoms with E-state index in [0.29, 0.717) is 24.2 Å². The van der Waals surface area contributed by atoms with Crippen molar-refractivity contribution in [1.82, 2.24) is 15.5 Å². The smallest absolute Gasteiger partial charge is 0.231 e. The first-order valence-electron chi connectivity index (χ1n) is 7.41. The van der Waals surface area contributed by atoms with Crippen LogP contribution in [0.25, 0.3) is 0 Å². The van der Waals surface area contributed by atoms with Crippen LogP contribution in [0.3, 0.4) is 0 Å². The number of hydrogen-bond donors (Lipinski definition) is 1. The summed E-state index contributed by atoms with van der Waals surface area (Å²) in [6.45, 7) is 7.34. The first-order valence-corrected chi connectivity index (χ1v) is 7.41. The maximum Gasteiger partial charge on any atom is 0.231 e. The number of likely N-dealkylation sites (N-methyl/N-ethyl adjacent to an activating group) is 1. The van der Waals surface area contributed by atoms with Gasteiger partial charge in [0, 0.05) is 6.04 Å². The average Bonchev–Trinajstić information content (AvgIpc) is 3.13. The van der Waals surface area contributed by atoms with Crippen LogP contribution in [0.5, 0.6) is 0 Å². The Morgan fingerprint density at radius 3 is 2.84 bits per heavy atom. The monoisotopic (exact) mass is 265 g/mol. The van der Waals surface area contributed by atoms with Crippen molar-refractivity contribution in [3.63, 3.8) is 0 Å². The summed E-state index contributed by atoms with van der Waals surface area (Å²) in [5, 5.41) is 7.58. The molecule has 3 heterocycles. The van der Waals surface area contributed by atoms with Crippen LogP contribution in [-0.2, 0) is 4.74 Å². The van der Waals surface area contributed by atoms with E-state index in [4.69, 9.17) is 9.26 Å². The van der Waals surface area contributed by atoms with Gasteiger partial charge in [-0.1, -0.05) is 19.0 Å². The molecule has 3 rings (SSSR count). The van der Waals surface area contributed by atoms with Gasteiger partial charge in [0.25, 0.3) is 0 Å². The van der Waals surface area contributed by atoms with Gasteiger partial charge in [-0.15, -0.1) is 0 Å². The highest BCUT2D eigenvalue weighted by Crippen LogP contribution is 2.43. The molecule has 1 aromatic heterocycles. The van der Waals surface area contributed by atoms with Crippen molar-refractivity contribution in [2.45, 2.75) is 70.1 Å². The molecular formula is C14H23N3O2. The van der Waals surface area contributed by atoms with Crippen molar-refractivity contribution in [2.75, 3.05) is 6.54 Å². The van der Waals surface area contributed by atoms with Crippen LogP contribution >= 0.6 is 0 Å². The minimum absolute atomic E-state index is 0.237. The number of hydrogen-bond acceptors (Lipinski definition) is 5. The van der Waals surface area contributed by atoms with Gasteiger partial charge in [0.15, 0.2) is 5.82 Å². The van der Waals surface area contributed by atoms with E-state index < -0.39 is 0 Å². The van der Waals surface area contributed by atoms with Crippen molar-refractivity contribution >= 4 is 0 Å². The van der Waals surface area contributed by atoms with E-state index >= 15 is 0 Å². The third-order valence-electron chi connectivity index (χ3n) is 4.56. The Bertz CT molecular complexity index is 434. The van der Waals surface area contributed by atoms with Gasteiger partial charge in [0.05, 0.1) is 24.0 Å². The maximum atomic E-state index is 5.86. The first kappa shape index (κ1) is 13.1. The zero-order valence-corrected chi connectivity index (χ0v) is 11.9. The van der Waals surface area contributed by atoms with Crippen molar-refractivity contribution in [2.24, 2.45) is 0 Å². The van der Waals surface area contributed by atoms with E-state index in [2.05, 4.69) is 36.2 Å². The summed E-state index contributed by atoms with van der Waals surface area (Å²) in [7, 11) is 0. The molecular weight excluding hydrogens is 242 g/mol. The number of nitrogens with one attached hydrogen (secondary N) is 1. The summed E-state index contributed by atoms with van der Waals surface area (Å²) < 4.78 is 11.3. The van der Waals surface area contributed by atoms with Crippen molar-refractivity contribution < 1.29 is 9.26 Å². The zero-order valence-electron chi connectivity index (χ0n) is 11.9. The molecule has 0 amide bonds. The molecule has 0 aromatic carbocycles. The molecule has 2 fully saturated rings. The summed E-state index contributed by atoms with van der Waals surface area (Å²) in [4.78, 5) is 4.62. The normalized spacial score (nSPS) is 32.7. The Labute approximate surface area is 114 Å². The lowest BCUT2D eigenvalue weighted by molar-refractivity contribution is 0.0996. The van der Waals surface area contributed by atoms with E-state index in [-0.39, 0.29) is 5.92 Å². The predicted molar refractivity (Wildman–Crippen MR) is 71.1 cm³/mol. The SMILES string of the molecule is CCNC(C)C(C)c1nc(C2CC3CCC2O3)no1. The van der Waals surface area contributed by atoms with Gasteiger partial charge in [-0.25, -0.2) is 0 Å². The quantitative estimate of drug-likeness (QED) is 0.884. The fourth-order valence-corrected chi connectivity index (χ4v) is 3.20. The van der Waals surface area contributed by atoms with E-state index in [9.17, 15) is 0 Å². The predicted octanol–water partition coefficient (Wildman–Crippen LogP) is 2.21. The van der Waals surface area contributed by atoms with Crippen LogP contribution < -0.4 is 5.32 Å². The molecule has 0 radical (unpaired) electrons. The highest BCUT2D eigenvalue weighted by Gasteiger charge is 2.43. The summed E-state index contributed by atoms with van der Waals surface area (Å²) in [5.41, 5.74) is 0. The number of aromatic nitrogens is 2. The summed E-state index contributed by atoms with van der Waals surface area (Å²) >= 11 is 0. The number of nitrogens with zero attached hydrogens (tertiary/aromatic N) is 2. The van der Waals surface area contributed by atoms with Crippen LogP contribution in [0.2, 0.25) is 0 Å². The molecule has 2 saturated heterocycles. The highest BCUT2D eigenvalue weighted by molar-refractivity contribution is 5.08. The molecule has 0 spiro atoms. The van der Waals surface area contributed by atoms with Crippen molar-refractivity contribution in [3.8, 4) is 0 Å². The molecule has 0 aliphatic carbocycles. The van der Waals surface area contributed by atoms with Gasteiger partial charge in [-0.2, -0.15) is 4.98 Å². The van der Waals surface area contributed by atoms with Gasteiger partial charge in [0.1, 0.15) is 0 Å². The van der Waals surface area contributed by atoms with Crippen LogP contribution in [0.4, 0.5) is 0 Å². The summed E-state index contributed by atoms with van der Waals surface area (Å²) in [5.74, 6) is 2.17. The molecule has 0 saturated carbocycles. The Kier molecular flexibility index (Phi) is 3.58. The van der Waals surface area contributed by atoms with Gasteiger partial charge < -0.3 is 14.6 Å². The Morgan fingerprint density at radius 2 is 2.21 bits per heavy atom. The van der Waals surface area contributed by atoms with Gasteiger partial charge >= 0.3 is 0 Å². The Hall–Kier alpha value is -0.940. The molecule has 2 aliphatic rings. The molecule has 2 aliphatic heterocycles. The van der Waals surface area contributed by atoms with E-state index in [0.717, 1.165) is 31.1 Å². The fourth-order valence-electron chi connectivity index (χ4n) is 3.20. The third-order valence-corrected chi connectivity index (χ3v) is 4.56. The largest absolute Gasteiger partial charge is 0.374 e. The fraction of sp³-hybridized carbons (Fsp3) is 0.857. The summed E-state index contributed by atoms with van der Waals surface area (Å²) in [6, 6.07) is 0.342. The molecule has 5 unspecified atom stereocenters. The van der Waals surface area contributed by atoms with E-state index in [1.54, 1.807) is 0 Å². The minimum Gasteiger partial charge on any atom is -0.374 e. The van der Waals surface area contributed by atoms with E-state index in [1.165, 1.54) is 6.42 Å². The van der Waals surface area contributed by atoms with Crippen LogP contribution in [0, 0.1) is 0 Å². The molecule has 1 N–H and O–H groups in total. The lowest BCUT2D eigenvalue weighted by Gasteiger charge is -2.17. The second-order valence-electron chi connectivity index (χ2n) is 5.84. The molecule has 1 aromatic rings. The van der Waals surface area contributed by atoms with Crippen molar-refractivity contribution in [3.05, 3.63) is 11.7 Å². The average molecular weight is 265 g/mol. The standard InChI is InChI=1S/C14H23N3O2/c1-4-15-9(3)8(2)14-16-13(17-19-14)11-7-10-5-6-12(11)18-10/h8-12,15H,4-7H2,1-3H3. The van der Waals surface area contributed by atoms with E-state index in [1.807, 2.05) is 0 Å². The Balaban J connectivity index is 1.69. The second-order valence-corrected chi connectivity index (χ2v) is 5.84. The van der Waals surface area contributed by atoms with Gasteiger partial charge in [-0.05, 0) is 32.7 Å². The maximum absolute atomic E-state index is 5.86. The Morgan fingerprint density at radius 1 is 1.37 bits per heavy atom. The van der Waals surface area contributed by atoms with Crippen LogP contribution in [0.15, 0.2) is 4.52 Å². The highest BCUT2D eigenvalue weighted by atomic mass is 16.5. The number of fused-ring (bicyclic) bond motifs is 2. The van der Waals surface area contributed by atoms with Gasteiger partial charge in [0.2, 0.25) is 5.89 Å². The van der Waals surface area contributed by atoms with Crippen LogP contribution in [-0.4, -0.2) is 34.9 Å². The zero-order chi connectivity index (χ0) is 13.4. The van der Waals surface area contributed by atoms with Gasteiger partial charge in [-0.3, -0.25) is 0 Å². The number of ether oxygens (including phenoxy) is 1. The third kappa shape index (κ3) is 2.41. The topological polar surface area (TPSA) is 60.2 Å². The molecule has 5 nitrogen and oxygen atoms in total. The minimum atomic E-state index is 0.237. The molecule has 19 heavy (non-hydrogen) atoms. The lowest BCUT2D eigenvalue weighted by Crippen LogP contribution is -2.30. The number of rotatable bonds is 5. The second kappa shape index (κ2) is 5.21. The molecule has 5 atom stereocenters. The molecule has 106 valence electrons. The first-order chi connectivity index (χ1) is 9.19. The van der Waals surface area contributed by atoms with Crippen molar-refractivity contribution in [1.29, 1.82) is 0 Å². The molecule has 5 heteroatoms. The van der Waals surface area contributed by atoms with Crippen LogP contribution in [0.1, 0.15) is 63.6 Å².